The van der Waals surface area contributed by atoms with Crippen LogP contribution >= 0.6 is 11.8 Å². The van der Waals surface area contributed by atoms with E-state index in [0.29, 0.717) is 6.04 Å². The maximum atomic E-state index is 4.98. The SMILES string of the molecule is COCCCNCCSc1nnnn1C1CC1. The Hall–Kier alpha value is -0.660. The summed E-state index contributed by atoms with van der Waals surface area (Å²) in [6, 6.07) is 0.558. The Kier molecular flexibility index (Phi) is 5.21. The molecule has 0 bridgehead atoms. The predicted octanol–water partition coefficient (Wildman–Crippen LogP) is 0.726. The van der Waals surface area contributed by atoms with Crippen LogP contribution in [0.2, 0.25) is 0 Å². The molecule has 0 aromatic carbocycles. The Balaban J connectivity index is 1.56. The lowest BCUT2D eigenvalue weighted by Gasteiger charge is -2.04. The predicted molar refractivity (Wildman–Crippen MR) is 66.2 cm³/mol. The number of hydrogen-bond donors (Lipinski definition) is 1. The fourth-order valence-electron chi connectivity index (χ4n) is 1.51. The molecule has 1 fully saturated rings. The van der Waals surface area contributed by atoms with E-state index in [0.717, 1.165) is 37.0 Å². The number of ether oxygens (including phenoxy) is 1. The lowest BCUT2D eigenvalue weighted by Crippen LogP contribution is -2.19. The van der Waals surface area contributed by atoms with Crippen molar-refractivity contribution >= 4 is 11.8 Å². The zero-order valence-electron chi connectivity index (χ0n) is 10.1. The Labute approximate surface area is 105 Å². The molecule has 1 aliphatic rings. The summed E-state index contributed by atoms with van der Waals surface area (Å²) in [7, 11) is 1.73. The molecule has 6 nitrogen and oxygen atoms in total. The third-order valence-corrected chi connectivity index (χ3v) is 3.50. The van der Waals surface area contributed by atoms with E-state index in [-0.39, 0.29) is 0 Å². The Morgan fingerprint density at radius 1 is 1.47 bits per heavy atom. The van der Waals surface area contributed by atoms with Crippen molar-refractivity contribution in [2.24, 2.45) is 0 Å². The summed E-state index contributed by atoms with van der Waals surface area (Å²) in [4.78, 5) is 0. The molecule has 2 rings (SSSR count). The van der Waals surface area contributed by atoms with Crippen LogP contribution in [-0.2, 0) is 4.74 Å². The van der Waals surface area contributed by atoms with Crippen molar-refractivity contribution in [2.75, 3.05) is 32.6 Å². The third kappa shape index (κ3) is 4.25. The molecule has 0 atom stereocenters. The van der Waals surface area contributed by atoms with Gasteiger partial charge in [-0.15, -0.1) is 5.10 Å². The van der Waals surface area contributed by atoms with Crippen LogP contribution < -0.4 is 5.32 Å². The lowest BCUT2D eigenvalue weighted by atomic mass is 10.4. The van der Waals surface area contributed by atoms with Crippen molar-refractivity contribution in [3.8, 4) is 0 Å². The standard InChI is InChI=1S/C10H19N5OS/c1-16-7-2-5-11-6-8-17-10-12-13-14-15(10)9-3-4-9/h9,11H,2-8H2,1H3. The van der Waals surface area contributed by atoms with E-state index in [4.69, 9.17) is 4.74 Å². The van der Waals surface area contributed by atoms with E-state index in [9.17, 15) is 0 Å². The first-order chi connectivity index (χ1) is 8.42. The minimum atomic E-state index is 0.558. The molecule has 1 heterocycles. The Bertz CT molecular complexity index is 328. The molecule has 0 saturated heterocycles. The summed E-state index contributed by atoms with van der Waals surface area (Å²) in [5.74, 6) is 1.00. The fourth-order valence-corrected chi connectivity index (χ4v) is 2.35. The molecular weight excluding hydrogens is 238 g/mol. The number of aromatic nitrogens is 4. The number of thioether (sulfide) groups is 1. The smallest absolute Gasteiger partial charge is 0.209 e. The molecule has 1 N–H and O–H groups in total. The summed E-state index contributed by atoms with van der Waals surface area (Å²) in [5.41, 5.74) is 0. The van der Waals surface area contributed by atoms with Gasteiger partial charge in [0.2, 0.25) is 5.16 Å². The zero-order chi connectivity index (χ0) is 11.9. The van der Waals surface area contributed by atoms with Crippen LogP contribution in [0, 0.1) is 0 Å². The van der Waals surface area contributed by atoms with Gasteiger partial charge in [-0.1, -0.05) is 11.8 Å². The van der Waals surface area contributed by atoms with Crippen LogP contribution in [0.5, 0.6) is 0 Å². The first-order valence-corrected chi connectivity index (χ1v) is 7.00. The van der Waals surface area contributed by atoms with Crippen LogP contribution in [-0.4, -0.2) is 52.8 Å². The van der Waals surface area contributed by atoms with Gasteiger partial charge in [-0.05, 0) is 36.2 Å². The molecular formula is C10H19N5OS. The highest BCUT2D eigenvalue weighted by atomic mass is 32.2. The highest BCUT2D eigenvalue weighted by Gasteiger charge is 2.27. The van der Waals surface area contributed by atoms with Crippen molar-refractivity contribution in [1.82, 2.24) is 25.5 Å². The van der Waals surface area contributed by atoms with Gasteiger partial charge >= 0.3 is 0 Å². The Morgan fingerprint density at radius 2 is 2.35 bits per heavy atom. The minimum absolute atomic E-state index is 0.558. The van der Waals surface area contributed by atoms with Gasteiger partial charge in [0.25, 0.3) is 0 Å². The molecule has 96 valence electrons. The number of hydrogen-bond acceptors (Lipinski definition) is 6. The summed E-state index contributed by atoms with van der Waals surface area (Å²) in [5, 5.41) is 16.1. The monoisotopic (exact) mass is 257 g/mol. The quantitative estimate of drug-likeness (QED) is 0.519. The first kappa shape index (κ1) is 12.8. The number of nitrogens with one attached hydrogen (secondary N) is 1. The molecule has 0 radical (unpaired) electrons. The van der Waals surface area contributed by atoms with Crippen LogP contribution in [0.25, 0.3) is 0 Å². The highest BCUT2D eigenvalue weighted by molar-refractivity contribution is 7.99. The van der Waals surface area contributed by atoms with Crippen LogP contribution in [0.1, 0.15) is 25.3 Å². The molecule has 1 aromatic rings. The molecule has 1 aromatic heterocycles. The summed E-state index contributed by atoms with van der Waals surface area (Å²) in [6.45, 7) is 2.80. The topological polar surface area (TPSA) is 64.9 Å². The minimum Gasteiger partial charge on any atom is -0.385 e. The molecule has 0 aliphatic heterocycles. The average molecular weight is 257 g/mol. The number of nitrogens with zero attached hydrogens (tertiary/aromatic N) is 4. The van der Waals surface area contributed by atoms with Gasteiger partial charge in [-0.2, -0.15) is 0 Å². The maximum absolute atomic E-state index is 4.98. The zero-order valence-corrected chi connectivity index (χ0v) is 10.9. The lowest BCUT2D eigenvalue weighted by molar-refractivity contribution is 0.194. The molecule has 7 heteroatoms. The van der Waals surface area contributed by atoms with Crippen molar-refractivity contribution in [2.45, 2.75) is 30.5 Å². The van der Waals surface area contributed by atoms with Gasteiger partial charge < -0.3 is 10.1 Å². The van der Waals surface area contributed by atoms with Gasteiger partial charge in [-0.25, -0.2) is 4.68 Å². The first-order valence-electron chi connectivity index (χ1n) is 6.02. The van der Waals surface area contributed by atoms with Crippen molar-refractivity contribution in [1.29, 1.82) is 0 Å². The third-order valence-electron chi connectivity index (χ3n) is 2.57. The average Bonchev–Trinajstić information content (AvgIpc) is 3.08. The van der Waals surface area contributed by atoms with Crippen molar-refractivity contribution in [3.05, 3.63) is 0 Å². The normalized spacial score (nSPS) is 15.4. The van der Waals surface area contributed by atoms with Gasteiger partial charge in [0, 0.05) is 26.0 Å². The molecule has 0 amide bonds. The number of tetrazole rings is 1. The van der Waals surface area contributed by atoms with E-state index in [1.165, 1.54) is 12.8 Å². The van der Waals surface area contributed by atoms with E-state index >= 15 is 0 Å². The summed E-state index contributed by atoms with van der Waals surface area (Å²) >= 11 is 1.72. The Morgan fingerprint density at radius 3 is 3.12 bits per heavy atom. The largest absolute Gasteiger partial charge is 0.385 e. The maximum Gasteiger partial charge on any atom is 0.209 e. The van der Waals surface area contributed by atoms with Crippen LogP contribution in [0.15, 0.2) is 5.16 Å². The van der Waals surface area contributed by atoms with E-state index in [2.05, 4.69) is 20.8 Å². The second-order valence-electron chi connectivity index (χ2n) is 4.08. The summed E-state index contributed by atoms with van der Waals surface area (Å²) < 4.78 is 6.94. The fraction of sp³-hybridized carbons (Fsp3) is 0.900. The second-order valence-corrected chi connectivity index (χ2v) is 5.14. The number of rotatable bonds is 9. The molecule has 0 unspecified atom stereocenters. The molecule has 1 saturated carbocycles. The van der Waals surface area contributed by atoms with E-state index < -0.39 is 0 Å². The van der Waals surface area contributed by atoms with Crippen molar-refractivity contribution < 1.29 is 4.74 Å². The van der Waals surface area contributed by atoms with Gasteiger partial charge in [0.05, 0.1) is 6.04 Å². The summed E-state index contributed by atoms with van der Waals surface area (Å²) in [6.07, 6.45) is 3.49. The second kappa shape index (κ2) is 6.93. The number of methoxy groups -OCH3 is 1. The van der Waals surface area contributed by atoms with Crippen LogP contribution in [0.3, 0.4) is 0 Å². The van der Waals surface area contributed by atoms with Gasteiger partial charge in [0.1, 0.15) is 0 Å². The van der Waals surface area contributed by atoms with E-state index in [1.807, 2.05) is 4.68 Å². The van der Waals surface area contributed by atoms with Crippen molar-refractivity contribution in [3.63, 3.8) is 0 Å². The van der Waals surface area contributed by atoms with Gasteiger partial charge in [-0.3, -0.25) is 0 Å². The van der Waals surface area contributed by atoms with Gasteiger partial charge in [0.15, 0.2) is 0 Å². The molecule has 1 aliphatic carbocycles. The van der Waals surface area contributed by atoms with E-state index in [1.54, 1.807) is 18.9 Å². The molecule has 0 spiro atoms. The highest BCUT2D eigenvalue weighted by Crippen LogP contribution is 2.36. The molecule has 17 heavy (non-hydrogen) atoms. The van der Waals surface area contributed by atoms with Crippen LogP contribution in [0.4, 0.5) is 0 Å².